The first-order valence-corrected chi connectivity index (χ1v) is 8.61. The highest BCUT2D eigenvalue weighted by Crippen LogP contribution is 2.14. The van der Waals surface area contributed by atoms with Crippen molar-refractivity contribution in [2.45, 2.75) is 20.0 Å². The number of aromatic amines is 1. The Hall–Kier alpha value is -2.05. The predicted molar refractivity (Wildman–Crippen MR) is 95.4 cm³/mol. The van der Waals surface area contributed by atoms with Crippen molar-refractivity contribution in [2.24, 2.45) is 0 Å². The average molecular weight is 391 g/mol. The molecule has 3 rings (SSSR count). The van der Waals surface area contributed by atoms with Crippen molar-refractivity contribution < 1.29 is 9.29 Å². The highest BCUT2D eigenvalue weighted by Gasteiger charge is 2.14. The molecule has 0 fully saturated rings. The molecular formula is C18H18BrFN3O+. The maximum absolute atomic E-state index is 14.0. The second kappa shape index (κ2) is 7.23. The molecule has 0 saturated heterocycles. The van der Waals surface area contributed by atoms with Crippen molar-refractivity contribution in [3.63, 3.8) is 0 Å². The summed E-state index contributed by atoms with van der Waals surface area (Å²) >= 11 is 3.27. The van der Waals surface area contributed by atoms with Gasteiger partial charge in [-0.05, 0) is 37.3 Å². The molecule has 0 aliphatic carbocycles. The summed E-state index contributed by atoms with van der Waals surface area (Å²) in [5.74, 6) is 0.392. The van der Waals surface area contributed by atoms with Crippen LogP contribution in [0.25, 0.3) is 10.9 Å². The van der Waals surface area contributed by atoms with Crippen molar-refractivity contribution >= 4 is 26.8 Å². The van der Waals surface area contributed by atoms with Crippen LogP contribution in [-0.2, 0) is 13.1 Å². The molecule has 1 unspecified atom stereocenters. The molecule has 6 heteroatoms. The molecule has 2 N–H and O–H groups in total. The smallest absolute Gasteiger partial charge is 0.258 e. The largest absolute Gasteiger partial charge is 0.325 e. The normalized spacial score (nSPS) is 12.5. The summed E-state index contributed by atoms with van der Waals surface area (Å²) in [7, 11) is 0. The Morgan fingerprint density at radius 3 is 2.75 bits per heavy atom. The van der Waals surface area contributed by atoms with Gasteiger partial charge >= 0.3 is 0 Å². The number of halogens is 2. The molecule has 1 heterocycles. The topological polar surface area (TPSA) is 50.2 Å². The summed E-state index contributed by atoms with van der Waals surface area (Å²) in [4.78, 5) is 20.6. The maximum atomic E-state index is 14.0. The van der Waals surface area contributed by atoms with Gasteiger partial charge in [0, 0.05) is 10.0 Å². The molecule has 0 spiro atoms. The predicted octanol–water partition coefficient (Wildman–Crippen LogP) is 2.43. The molecule has 2 aromatic carbocycles. The van der Waals surface area contributed by atoms with Gasteiger partial charge < -0.3 is 9.88 Å². The van der Waals surface area contributed by atoms with Crippen LogP contribution in [0.1, 0.15) is 18.3 Å². The number of fused-ring (bicyclic) bond motifs is 1. The van der Waals surface area contributed by atoms with Gasteiger partial charge in [-0.15, -0.1) is 0 Å². The number of nitrogens with zero attached hydrogens (tertiary/aromatic N) is 1. The van der Waals surface area contributed by atoms with Crippen molar-refractivity contribution in [3.05, 3.63) is 74.5 Å². The first kappa shape index (κ1) is 16.8. The highest BCUT2D eigenvalue weighted by atomic mass is 79.9. The lowest BCUT2D eigenvalue weighted by atomic mass is 10.2. The van der Waals surface area contributed by atoms with E-state index < -0.39 is 0 Å². The van der Waals surface area contributed by atoms with Crippen LogP contribution in [0.2, 0.25) is 0 Å². The molecule has 0 aliphatic rings. The molecule has 0 bridgehead atoms. The molecule has 24 heavy (non-hydrogen) atoms. The van der Waals surface area contributed by atoms with Crippen LogP contribution >= 0.6 is 15.9 Å². The lowest BCUT2D eigenvalue weighted by Crippen LogP contribution is -3.09. The van der Waals surface area contributed by atoms with E-state index in [-0.39, 0.29) is 11.4 Å². The van der Waals surface area contributed by atoms with Gasteiger partial charge in [-0.25, -0.2) is 9.37 Å². The molecule has 0 aliphatic heterocycles. The van der Waals surface area contributed by atoms with Gasteiger partial charge in [0.15, 0.2) is 5.82 Å². The fraction of sp³-hybridized carbons (Fsp3) is 0.222. The molecule has 0 amide bonds. The summed E-state index contributed by atoms with van der Waals surface area (Å²) < 4.78 is 14.8. The van der Waals surface area contributed by atoms with Crippen LogP contribution in [0.15, 0.2) is 51.7 Å². The fourth-order valence-corrected chi connectivity index (χ4v) is 3.04. The van der Waals surface area contributed by atoms with Crippen molar-refractivity contribution in [1.29, 1.82) is 0 Å². The number of rotatable bonds is 5. The Labute approximate surface area is 147 Å². The number of aromatic nitrogens is 2. The van der Waals surface area contributed by atoms with Crippen LogP contribution in [0.4, 0.5) is 4.39 Å². The van der Waals surface area contributed by atoms with Gasteiger partial charge in [0.1, 0.15) is 18.9 Å². The molecular weight excluding hydrogens is 373 g/mol. The fourth-order valence-electron chi connectivity index (χ4n) is 2.70. The zero-order valence-electron chi connectivity index (χ0n) is 13.3. The zero-order chi connectivity index (χ0) is 17.1. The molecule has 3 aromatic rings. The minimum atomic E-state index is -0.227. The van der Waals surface area contributed by atoms with Crippen LogP contribution < -0.4 is 10.5 Å². The van der Waals surface area contributed by atoms with E-state index in [0.29, 0.717) is 35.4 Å². The van der Waals surface area contributed by atoms with Crippen LogP contribution in [-0.4, -0.2) is 16.5 Å². The van der Waals surface area contributed by atoms with Gasteiger partial charge in [0.05, 0.1) is 17.4 Å². The van der Waals surface area contributed by atoms with Gasteiger partial charge in [-0.3, -0.25) is 4.79 Å². The number of hydrogen-bond donors (Lipinski definition) is 2. The Morgan fingerprint density at radius 1 is 1.21 bits per heavy atom. The Balaban J connectivity index is 1.84. The summed E-state index contributed by atoms with van der Waals surface area (Å²) in [5.41, 5.74) is 1.19. The molecule has 4 nitrogen and oxygen atoms in total. The van der Waals surface area contributed by atoms with Crippen molar-refractivity contribution in [1.82, 2.24) is 9.97 Å². The first-order valence-electron chi connectivity index (χ1n) is 7.82. The third-order valence-corrected chi connectivity index (χ3v) is 4.53. The van der Waals surface area contributed by atoms with E-state index in [9.17, 15) is 9.18 Å². The molecule has 1 aromatic heterocycles. The second-order valence-corrected chi connectivity index (χ2v) is 6.64. The lowest BCUT2D eigenvalue weighted by Gasteiger charge is -2.17. The van der Waals surface area contributed by atoms with Gasteiger partial charge in [-0.1, -0.05) is 28.1 Å². The minimum absolute atomic E-state index is 0.138. The summed E-state index contributed by atoms with van der Waals surface area (Å²) in [6.07, 6.45) is 0. The molecule has 0 saturated carbocycles. The number of hydrogen-bond acceptors (Lipinski definition) is 2. The van der Waals surface area contributed by atoms with E-state index in [1.807, 2.05) is 31.2 Å². The van der Waals surface area contributed by atoms with E-state index >= 15 is 0 Å². The molecule has 1 atom stereocenters. The van der Waals surface area contributed by atoms with Crippen molar-refractivity contribution in [2.75, 3.05) is 6.54 Å². The molecule has 0 radical (unpaired) electrons. The van der Waals surface area contributed by atoms with Gasteiger partial charge in [-0.2, -0.15) is 0 Å². The van der Waals surface area contributed by atoms with E-state index in [4.69, 9.17) is 0 Å². The number of H-pyrrole nitrogens is 1. The van der Waals surface area contributed by atoms with Crippen LogP contribution in [0.5, 0.6) is 0 Å². The van der Waals surface area contributed by atoms with Crippen LogP contribution in [0, 0.1) is 5.82 Å². The SMILES string of the molecule is CC[NH+](Cc1nc2ccccc2c(=O)[nH]1)Cc1ccc(Br)cc1F. The number of nitrogens with one attached hydrogen (secondary N) is 2. The van der Waals surface area contributed by atoms with Gasteiger partial charge in [0.25, 0.3) is 5.56 Å². The monoisotopic (exact) mass is 390 g/mol. The second-order valence-electron chi connectivity index (χ2n) is 5.72. The van der Waals surface area contributed by atoms with Crippen molar-refractivity contribution in [3.8, 4) is 0 Å². The zero-order valence-corrected chi connectivity index (χ0v) is 14.9. The summed E-state index contributed by atoms with van der Waals surface area (Å²) in [6.45, 7) is 3.90. The van der Waals surface area contributed by atoms with E-state index in [0.717, 1.165) is 15.9 Å². The number of quaternary nitrogens is 1. The highest BCUT2D eigenvalue weighted by molar-refractivity contribution is 9.10. The third-order valence-electron chi connectivity index (χ3n) is 4.03. The van der Waals surface area contributed by atoms with E-state index in [1.54, 1.807) is 12.1 Å². The summed E-state index contributed by atoms with van der Waals surface area (Å²) in [6, 6.07) is 12.4. The number of benzene rings is 2. The van der Waals surface area contributed by atoms with E-state index in [1.165, 1.54) is 6.07 Å². The Bertz CT molecular complexity index is 926. The number of para-hydroxylation sites is 1. The standard InChI is InChI=1S/C18H17BrFN3O/c1-2-23(10-12-7-8-13(19)9-15(12)20)11-17-21-16-6-4-3-5-14(16)18(24)22-17/h3-9H,2,10-11H2,1H3,(H,21,22,24)/p+1. The minimum Gasteiger partial charge on any atom is -0.325 e. The quantitative estimate of drug-likeness (QED) is 0.702. The first-order chi connectivity index (χ1) is 11.6. The Morgan fingerprint density at radius 2 is 2.00 bits per heavy atom. The van der Waals surface area contributed by atoms with Gasteiger partial charge in [0.2, 0.25) is 0 Å². The average Bonchev–Trinajstić information content (AvgIpc) is 2.56. The third kappa shape index (κ3) is 3.71. The van der Waals surface area contributed by atoms with Crippen LogP contribution in [0.3, 0.4) is 0 Å². The maximum Gasteiger partial charge on any atom is 0.258 e. The Kier molecular flexibility index (Phi) is 5.06. The lowest BCUT2D eigenvalue weighted by molar-refractivity contribution is -0.926. The molecule has 124 valence electrons. The van der Waals surface area contributed by atoms with E-state index in [2.05, 4.69) is 25.9 Å². The summed E-state index contributed by atoms with van der Waals surface area (Å²) in [5, 5.41) is 0.582.